The Bertz CT molecular complexity index is 1040. The first-order chi connectivity index (χ1) is 13.7. The van der Waals surface area contributed by atoms with E-state index >= 15 is 0 Å². The summed E-state index contributed by atoms with van der Waals surface area (Å²) in [6.45, 7) is 0.0655. The number of aromatic hydroxyl groups is 1. The van der Waals surface area contributed by atoms with Gasteiger partial charge < -0.3 is 19.8 Å². The number of phenolic OH excluding ortho intramolecular Hbond substituents is 1. The summed E-state index contributed by atoms with van der Waals surface area (Å²) in [6.07, 6.45) is 0. The molecule has 0 aliphatic heterocycles. The van der Waals surface area contributed by atoms with Crippen LogP contribution in [0.15, 0.2) is 42.0 Å². The van der Waals surface area contributed by atoms with Crippen LogP contribution in [0.2, 0.25) is 5.02 Å². The highest BCUT2D eigenvalue weighted by Gasteiger charge is 2.25. The lowest BCUT2D eigenvalue weighted by molar-refractivity contribution is -0.386. The zero-order valence-electron chi connectivity index (χ0n) is 15.4. The van der Waals surface area contributed by atoms with Crippen molar-refractivity contribution in [2.24, 2.45) is 0 Å². The van der Waals surface area contributed by atoms with Gasteiger partial charge in [-0.25, -0.2) is 0 Å². The van der Waals surface area contributed by atoms with Crippen molar-refractivity contribution in [1.82, 2.24) is 4.90 Å². The Balaban J connectivity index is 2.47. The number of carbonyl (C=O) groups is 1. The maximum absolute atomic E-state index is 12.7. The zero-order valence-corrected chi connectivity index (χ0v) is 16.2. The number of phenols is 1. The summed E-state index contributed by atoms with van der Waals surface area (Å²) in [7, 11) is 2.58. The van der Waals surface area contributed by atoms with Crippen molar-refractivity contribution in [1.29, 1.82) is 5.26 Å². The lowest BCUT2D eigenvalue weighted by Crippen LogP contribution is -2.28. The number of methoxy groups -OCH3 is 1. The number of hydrogen-bond acceptors (Lipinski definition) is 7. The van der Waals surface area contributed by atoms with E-state index < -0.39 is 33.6 Å². The first-order valence-electron chi connectivity index (χ1n) is 8.09. The van der Waals surface area contributed by atoms with Gasteiger partial charge in [-0.2, -0.15) is 5.26 Å². The third kappa shape index (κ3) is 4.56. The van der Waals surface area contributed by atoms with Crippen LogP contribution in [0.25, 0.3) is 5.76 Å². The molecule has 2 aromatic carbocycles. The van der Waals surface area contributed by atoms with Crippen LogP contribution >= 0.6 is 11.6 Å². The van der Waals surface area contributed by atoms with Gasteiger partial charge in [-0.15, -0.1) is 0 Å². The number of carbonyl (C=O) groups excluding carboxylic acids is 1. The van der Waals surface area contributed by atoms with Gasteiger partial charge in [0.15, 0.2) is 11.3 Å². The molecule has 0 unspecified atom stereocenters. The highest BCUT2D eigenvalue weighted by Crippen LogP contribution is 2.38. The average molecular weight is 418 g/mol. The number of nitrogens with zero attached hydrogens (tertiary/aromatic N) is 3. The Kier molecular flexibility index (Phi) is 6.64. The smallest absolute Gasteiger partial charge is 0.315 e. The number of aliphatic hydroxyl groups is 1. The van der Waals surface area contributed by atoms with Gasteiger partial charge >= 0.3 is 5.69 Å². The molecule has 0 atom stereocenters. The number of aliphatic hydroxyl groups excluding tert-OH is 1. The molecule has 9 nitrogen and oxygen atoms in total. The first-order valence-corrected chi connectivity index (χ1v) is 8.47. The van der Waals surface area contributed by atoms with Gasteiger partial charge in [-0.3, -0.25) is 14.9 Å². The Hall–Kier alpha value is -3.77. The molecule has 0 aromatic heterocycles. The van der Waals surface area contributed by atoms with Crippen LogP contribution < -0.4 is 4.74 Å². The Morgan fingerprint density at radius 1 is 1.38 bits per heavy atom. The lowest BCUT2D eigenvalue weighted by Gasteiger charge is -2.18. The number of benzene rings is 2. The van der Waals surface area contributed by atoms with E-state index in [-0.39, 0.29) is 17.9 Å². The maximum atomic E-state index is 12.7. The number of nitriles is 1. The lowest BCUT2D eigenvalue weighted by atomic mass is 10.1. The molecule has 0 radical (unpaired) electrons. The topological polar surface area (TPSA) is 137 Å². The Morgan fingerprint density at radius 2 is 2.03 bits per heavy atom. The number of ether oxygens (including phenoxy) is 1. The van der Waals surface area contributed by atoms with E-state index in [2.05, 4.69) is 0 Å². The molecule has 2 aromatic rings. The van der Waals surface area contributed by atoms with Crippen molar-refractivity contribution in [3.05, 3.63) is 68.2 Å². The zero-order chi connectivity index (χ0) is 21.7. The van der Waals surface area contributed by atoms with Crippen molar-refractivity contribution in [3.8, 4) is 17.6 Å². The number of hydrogen-bond donors (Lipinski definition) is 2. The molecule has 29 heavy (non-hydrogen) atoms. The Labute approximate surface area is 170 Å². The molecule has 1 amide bonds. The van der Waals surface area contributed by atoms with E-state index in [1.165, 1.54) is 11.9 Å². The monoisotopic (exact) mass is 417 g/mol. The van der Waals surface area contributed by atoms with E-state index in [4.69, 9.17) is 16.3 Å². The number of rotatable bonds is 6. The van der Waals surface area contributed by atoms with Gasteiger partial charge in [-0.05, 0) is 17.7 Å². The summed E-state index contributed by atoms with van der Waals surface area (Å²) in [5.74, 6) is -2.64. The van der Waals surface area contributed by atoms with Crippen molar-refractivity contribution in [2.75, 3.05) is 14.2 Å². The summed E-state index contributed by atoms with van der Waals surface area (Å²) in [4.78, 5) is 24.1. The SMILES string of the molecule is COc1cc(/C(O)=C(\C#N)C(=O)N(C)Cc2ccccc2Cl)cc([N+](=O)[O-])c1O. The van der Waals surface area contributed by atoms with Gasteiger partial charge in [0.1, 0.15) is 11.8 Å². The highest BCUT2D eigenvalue weighted by atomic mass is 35.5. The third-order valence-electron chi connectivity index (χ3n) is 4.02. The van der Waals surface area contributed by atoms with Crippen molar-refractivity contribution >= 4 is 29.0 Å². The van der Waals surface area contributed by atoms with Gasteiger partial charge in [0, 0.05) is 30.2 Å². The minimum absolute atomic E-state index is 0.0655. The van der Waals surface area contributed by atoms with Crippen LogP contribution in [0.3, 0.4) is 0 Å². The molecular weight excluding hydrogens is 402 g/mol. The number of amides is 1. The average Bonchev–Trinajstić information content (AvgIpc) is 2.69. The van der Waals surface area contributed by atoms with Crippen LogP contribution in [0.4, 0.5) is 5.69 Å². The minimum Gasteiger partial charge on any atom is -0.506 e. The van der Waals surface area contributed by atoms with Crippen LogP contribution in [-0.4, -0.2) is 40.1 Å². The second kappa shape index (κ2) is 8.95. The van der Waals surface area contributed by atoms with E-state index in [0.29, 0.717) is 10.6 Å². The maximum Gasteiger partial charge on any atom is 0.315 e. The van der Waals surface area contributed by atoms with Crippen LogP contribution in [-0.2, 0) is 11.3 Å². The molecule has 2 N–H and O–H groups in total. The number of nitro benzene ring substituents is 1. The number of halogens is 1. The molecule has 0 aliphatic rings. The summed E-state index contributed by atoms with van der Waals surface area (Å²) in [5, 5.41) is 41.2. The molecule has 0 saturated carbocycles. The fraction of sp³-hybridized carbons (Fsp3) is 0.158. The van der Waals surface area contributed by atoms with Gasteiger partial charge in [0.05, 0.1) is 12.0 Å². The summed E-state index contributed by atoms with van der Waals surface area (Å²) >= 11 is 6.07. The largest absolute Gasteiger partial charge is 0.506 e. The van der Waals surface area contributed by atoms with Crippen LogP contribution in [0, 0.1) is 21.4 Å². The standard InChI is InChI=1S/C19H16ClN3O6/c1-22(10-11-5-3-4-6-14(11)20)19(26)13(9-21)17(24)12-7-15(23(27)28)18(25)16(8-12)29-2/h3-8,24-25H,10H2,1-2H3/b17-13-. The molecule has 2 rings (SSSR count). The molecule has 10 heteroatoms. The molecule has 0 fully saturated rings. The van der Waals surface area contributed by atoms with Gasteiger partial charge in [-0.1, -0.05) is 29.8 Å². The van der Waals surface area contributed by atoms with Crippen molar-refractivity contribution < 1.29 is 24.7 Å². The normalized spacial score (nSPS) is 11.2. The molecule has 0 aliphatic carbocycles. The molecule has 0 bridgehead atoms. The second-order valence-electron chi connectivity index (χ2n) is 5.89. The molecular formula is C19H16ClN3O6. The van der Waals surface area contributed by atoms with Crippen molar-refractivity contribution in [2.45, 2.75) is 6.54 Å². The molecule has 150 valence electrons. The summed E-state index contributed by atoms with van der Waals surface area (Å²) in [6, 6.07) is 10.3. The molecule has 0 heterocycles. The third-order valence-corrected chi connectivity index (χ3v) is 4.39. The van der Waals surface area contributed by atoms with E-state index in [1.54, 1.807) is 30.3 Å². The fourth-order valence-corrected chi connectivity index (χ4v) is 2.71. The van der Waals surface area contributed by atoms with E-state index in [9.17, 15) is 30.4 Å². The Morgan fingerprint density at radius 3 is 2.59 bits per heavy atom. The minimum atomic E-state index is -0.883. The summed E-state index contributed by atoms with van der Waals surface area (Å²) in [5.41, 5.74) is -0.993. The van der Waals surface area contributed by atoms with Gasteiger partial charge in [0.2, 0.25) is 5.75 Å². The van der Waals surface area contributed by atoms with Crippen LogP contribution in [0.1, 0.15) is 11.1 Å². The van der Waals surface area contributed by atoms with Gasteiger partial charge in [0.25, 0.3) is 5.91 Å². The molecule has 0 spiro atoms. The first kappa shape index (κ1) is 21.5. The number of likely N-dealkylation sites (N-methyl/N-ethyl adjacent to an activating group) is 1. The van der Waals surface area contributed by atoms with Crippen LogP contribution in [0.5, 0.6) is 11.5 Å². The quantitative estimate of drug-likeness (QED) is 0.241. The van der Waals surface area contributed by atoms with E-state index in [0.717, 1.165) is 19.2 Å². The predicted molar refractivity (Wildman–Crippen MR) is 104 cm³/mol. The number of nitro groups is 1. The van der Waals surface area contributed by atoms with E-state index in [1.807, 2.05) is 0 Å². The highest BCUT2D eigenvalue weighted by molar-refractivity contribution is 6.31. The van der Waals surface area contributed by atoms with Crippen molar-refractivity contribution in [3.63, 3.8) is 0 Å². The second-order valence-corrected chi connectivity index (χ2v) is 6.30. The molecule has 0 saturated heterocycles. The summed E-state index contributed by atoms with van der Waals surface area (Å²) < 4.78 is 4.86. The fourth-order valence-electron chi connectivity index (χ4n) is 2.52. The predicted octanol–water partition coefficient (Wildman–Crippen LogP) is 3.41.